The van der Waals surface area contributed by atoms with E-state index in [0.29, 0.717) is 24.1 Å². The average molecular weight is 388 g/mol. The Bertz CT molecular complexity index is 774. The minimum Gasteiger partial charge on any atom is -0.335 e. The molecule has 4 rings (SSSR count). The summed E-state index contributed by atoms with van der Waals surface area (Å²) in [6, 6.07) is 15.2. The third-order valence-electron chi connectivity index (χ3n) is 4.95. The van der Waals surface area contributed by atoms with Crippen LogP contribution in [0, 0.1) is 11.7 Å². The molecule has 0 N–H and O–H groups in total. The smallest absolute Gasteiger partial charge is 0.226 e. The first-order valence-electron chi connectivity index (χ1n) is 8.43. The molecule has 2 atom stereocenters. The van der Waals surface area contributed by atoms with Crippen LogP contribution in [-0.2, 0) is 11.3 Å². The first-order valence-corrected chi connectivity index (χ1v) is 9.22. The Hall–Kier alpha value is -1.68. The molecule has 0 aromatic heterocycles. The normalized spacial score (nSPS) is 22.2. The van der Waals surface area contributed by atoms with Gasteiger partial charge in [-0.25, -0.2) is 4.39 Å². The zero-order chi connectivity index (χ0) is 16.7. The van der Waals surface area contributed by atoms with Crippen LogP contribution >= 0.6 is 15.9 Å². The first kappa shape index (κ1) is 15.8. The number of carbonyl (C=O) groups excluding carboxylic acids is 1. The molecule has 2 fully saturated rings. The van der Waals surface area contributed by atoms with E-state index in [1.54, 1.807) is 12.1 Å². The number of benzene rings is 2. The summed E-state index contributed by atoms with van der Waals surface area (Å²) < 4.78 is 15.0. The Morgan fingerprint density at radius 3 is 2.67 bits per heavy atom. The third-order valence-corrected chi connectivity index (χ3v) is 5.45. The molecule has 2 nitrogen and oxygen atoms in total. The summed E-state index contributed by atoms with van der Waals surface area (Å²) in [6.07, 6.45) is 2.97. The highest BCUT2D eigenvalue weighted by molar-refractivity contribution is 9.10. The van der Waals surface area contributed by atoms with Crippen molar-refractivity contribution in [1.82, 2.24) is 4.90 Å². The molecule has 24 heavy (non-hydrogen) atoms. The molecule has 0 heterocycles. The van der Waals surface area contributed by atoms with Crippen LogP contribution in [0.1, 0.15) is 36.3 Å². The molecule has 0 radical (unpaired) electrons. The Balaban J connectivity index is 1.49. The van der Waals surface area contributed by atoms with E-state index in [-0.39, 0.29) is 17.6 Å². The number of carbonyl (C=O) groups is 1. The van der Waals surface area contributed by atoms with Crippen LogP contribution in [0.4, 0.5) is 4.39 Å². The summed E-state index contributed by atoms with van der Waals surface area (Å²) in [5, 5.41) is 0. The Kier molecular flexibility index (Phi) is 4.17. The molecule has 0 aliphatic heterocycles. The maximum Gasteiger partial charge on any atom is 0.226 e. The maximum absolute atomic E-state index is 14.0. The summed E-state index contributed by atoms with van der Waals surface area (Å²) in [6.45, 7) is 0.387. The molecule has 1 amide bonds. The molecule has 0 bridgehead atoms. The van der Waals surface area contributed by atoms with Crippen molar-refractivity contribution in [3.05, 3.63) is 69.9 Å². The van der Waals surface area contributed by atoms with Crippen molar-refractivity contribution in [2.24, 2.45) is 5.92 Å². The lowest BCUT2D eigenvalue weighted by molar-refractivity contribution is -0.133. The highest BCUT2D eigenvalue weighted by atomic mass is 79.9. The zero-order valence-electron chi connectivity index (χ0n) is 13.3. The van der Waals surface area contributed by atoms with Gasteiger partial charge in [-0.2, -0.15) is 0 Å². The van der Waals surface area contributed by atoms with E-state index in [0.717, 1.165) is 23.7 Å². The Morgan fingerprint density at radius 2 is 1.96 bits per heavy atom. The van der Waals surface area contributed by atoms with Crippen LogP contribution < -0.4 is 0 Å². The van der Waals surface area contributed by atoms with Gasteiger partial charge < -0.3 is 4.90 Å². The molecule has 2 aromatic rings. The number of hydrogen-bond donors (Lipinski definition) is 0. The van der Waals surface area contributed by atoms with Gasteiger partial charge in [0.1, 0.15) is 5.82 Å². The summed E-state index contributed by atoms with van der Waals surface area (Å²) in [4.78, 5) is 14.9. The molecule has 0 spiro atoms. The molecule has 0 saturated heterocycles. The van der Waals surface area contributed by atoms with E-state index >= 15 is 0 Å². The predicted octanol–water partition coefficient (Wildman–Crippen LogP) is 4.88. The highest BCUT2D eigenvalue weighted by Gasteiger charge is 2.48. The molecular weight excluding hydrogens is 369 g/mol. The van der Waals surface area contributed by atoms with Crippen LogP contribution in [0.3, 0.4) is 0 Å². The molecule has 4 heteroatoms. The minimum absolute atomic E-state index is 0.0478. The van der Waals surface area contributed by atoms with Crippen LogP contribution in [0.2, 0.25) is 0 Å². The highest BCUT2D eigenvalue weighted by Crippen LogP contribution is 2.50. The fourth-order valence-corrected chi connectivity index (χ4v) is 3.79. The van der Waals surface area contributed by atoms with E-state index in [1.807, 2.05) is 23.1 Å². The fourth-order valence-electron chi connectivity index (χ4n) is 3.37. The second kappa shape index (κ2) is 6.32. The van der Waals surface area contributed by atoms with E-state index in [2.05, 4.69) is 28.1 Å². The molecule has 2 aromatic carbocycles. The Morgan fingerprint density at radius 1 is 1.17 bits per heavy atom. The van der Waals surface area contributed by atoms with Crippen LogP contribution in [-0.4, -0.2) is 16.8 Å². The lowest BCUT2D eigenvalue weighted by atomic mass is 10.1. The van der Waals surface area contributed by atoms with Gasteiger partial charge in [0.05, 0.1) is 0 Å². The predicted molar refractivity (Wildman–Crippen MR) is 95.0 cm³/mol. The van der Waals surface area contributed by atoms with Gasteiger partial charge in [0.25, 0.3) is 0 Å². The monoisotopic (exact) mass is 387 g/mol. The second-order valence-electron chi connectivity index (χ2n) is 6.79. The van der Waals surface area contributed by atoms with Crippen LogP contribution in [0.25, 0.3) is 0 Å². The molecule has 124 valence electrons. The zero-order valence-corrected chi connectivity index (χ0v) is 14.9. The Labute approximate surface area is 149 Å². The number of rotatable bonds is 5. The number of hydrogen-bond acceptors (Lipinski definition) is 1. The largest absolute Gasteiger partial charge is 0.335 e. The summed E-state index contributed by atoms with van der Waals surface area (Å²) in [5.41, 5.74) is 1.82. The lowest BCUT2D eigenvalue weighted by Gasteiger charge is -2.23. The van der Waals surface area contributed by atoms with Crippen molar-refractivity contribution in [2.45, 2.75) is 37.8 Å². The molecule has 2 aliphatic carbocycles. The van der Waals surface area contributed by atoms with Gasteiger partial charge in [-0.15, -0.1) is 0 Å². The van der Waals surface area contributed by atoms with Crippen molar-refractivity contribution in [1.29, 1.82) is 0 Å². The van der Waals surface area contributed by atoms with Gasteiger partial charge in [-0.05, 0) is 48.9 Å². The molecular formula is C20H19BrFNO. The summed E-state index contributed by atoms with van der Waals surface area (Å²) >= 11 is 3.49. The van der Waals surface area contributed by atoms with Gasteiger partial charge >= 0.3 is 0 Å². The summed E-state index contributed by atoms with van der Waals surface area (Å²) in [5.74, 6) is 0.310. The van der Waals surface area contributed by atoms with Crippen molar-refractivity contribution in [2.75, 3.05) is 0 Å². The van der Waals surface area contributed by atoms with Crippen LogP contribution in [0.15, 0.2) is 53.0 Å². The van der Waals surface area contributed by atoms with Gasteiger partial charge in [0, 0.05) is 28.5 Å². The molecule has 2 unspecified atom stereocenters. The topological polar surface area (TPSA) is 20.3 Å². The minimum atomic E-state index is -0.227. The first-order chi connectivity index (χ1) is 11.6. The van der Waals surface area contributed by atoms with Crippen molar-refractivity contribution in [3.63, 3.8) is 0 Å². The van der Waals surface area contributed by atoms with Gasteiger partial charge in [0.2, 0.25) is 5.91 Å². The van der Waals surface area contributed by atoms with Crippen molar-refractivity contribution >= 4 is 21.8 Å². The summed E-state index contributed by atoms with van der Waals surface area (Å²) in [7, 11) is 0. The maximum atomic E-state index is 14.0. The number of nitrogens with zero attached hydrogens (tertiary/aromatic N) is 1. The average Bonchev–Trinajstić information content (AvgIpc) is 3.47. The van der Waals surface area contributed by atoms with Crippen molar-refractivity contribution < 1.29 is 9.18 Å². The molecule has 2 saturated carbocycles. The molecule has 2 aliphatic rings. The lowest BCUT2D eigenvalue weighted by Crippen LogP contribution is -2.34. The fraction of sp³-hybridized carbons (Fsp3) is 0.350. The third kappa shape index (κ3) is 3.25. The van der Waals surface area contributed by atoms with E-state index in [1.165, 1.54) is 11.6 Å². The number of amides is 1. The standard InChI is InChI=1S/C20H19BrFNO/c21-15-6-3-5-13(10-15)17-11-18(17)20(24)23(16-8-9-16)12-14-4-1-2-7-19(14)22/h1-7,10,16-18H,8-9,11-12H2. The SMILES string of the molecule is O=C(C1CC1c1cccc(Br)c1)N(Cc1ccccc1F)C1CC1. The van der Waals surface area contributed by atoms with E-state index in [9.17, 15) is 9.18 Å². The van der Waals surface area contributed by atoms with Crippen molar-refractivity contribution in [3.8, 4) is 0 Å². The van der Waals surface area contributed by atoms with E-state index < -0.39 is 0 Å². The van der Waals surface area contributed by atoms with Crippen LogP contribution in [0.5, 0.6) is 0 Å². The number of halogens is 2. The van der Waals surface area contributed by atoms with Gasteiger partial charge in [0.15, 0.2) is 0 Å². The van der Waals surface area contributed by atoms with Gasteiger partial charge in [-0.1, -0.05) is 46.3 Å². The quantitative estimate of drug-likeness (QED) is 0.715. The second-order valence-corrected chi connectivity index (χ2v) is 7.71. The van der Waals surface area contributed by atoms with Gasteiger partial charge in [-0.3, -0.25) is 4.79 Å². The van der Waals surface area contributed by atoms with E-state index in [4.69, 9.17) is 0 Å².